The molecule has 2 aromatic rings. The van der Waals surface area contributed by atoms with Crippen LogP contribution in [0.25, 0.3) is 0 Å². The van der Waals surface area contributed by atoms with Crippen LogP contribution in [0.4, 0.5) is 5.13 Å². The number of thiazole rings is 1. The summed E-state index contributed by atoms with van der Waals surface area (Å²) in [4.78, 5) is 21.1. The number of aliphatic hydroxyl groups excluding tert-OH is 2. The van der Waals surface area contributed by atoms with Gasteiger partial charge in [0, 0.05) is 42.8 Å². The van der Waals surface area contributed by atoms with Crippen molar-refractivity contribution >= 4 is 22.4 Å². The van der Waals surface area contributed by atoms with Crippen LogP contribution in [0.3, 0.4) is 0 Å². The fourth-order valence-electron chi connectivity index (χ4n) is 6.12. The van der Waals surface area contributed by atoms with E-state index in [1.54, 1.807) is 22.3 Å². The van der Waals surface area contributed by atoms with Crippen molar-refractivity contribution in [3.63, 3.8) is 0 Å². The lowest BCUT2D eigenvalue weighted by Crippen LogP contribution is -2.57. The van der Waals surface area contributed by atoms with Crippen LogP contribution in [0.1, 0.15) is 55.2 Å². The van der Waals surface area contributed by atoms with Gasteiger partial charge in [-0.1, -0.05) is 50.3 Å². The minimum absolute atomic E-state index is 0.0613. The number of rotatable bonds is 8. The van der Waals surface area contributed by atoms with Crippen LogP contribution in [0.5, 0.6) is 0 Å². The van der Waals surface area contributed by atoms with Crippen LogP contribution in [0.15, 0.2) is 43.0 Å². The van der Waals surface area contributed by atoms with Crippen molar-refractivity contribution in [3.8, 4) is 0 Å². The van der Waals surface area contributed by atoms with Gasteiger partial charge in [-0.2, -0.15) is 0 Å². The van der Waals surface area contributed by atoms with Gasteiger partial charge < -0.3 is 20.4 Å². The van der Waals surface area contributed by atoms with E-state index < -0.39 is 11.5 Å². The Morgan fingerprint density at radius 3 is 2.76 bits per heavy atom. The third-order valence-corrected chi connectivity index (χ3v) is 9.44. The molecule has 1 aromatic heterocycles. The Bertz CT molecular complexity index is 1030. The Morgan fingerprint density at radius 1 is 1.35 bits per heavy atom. The number of aliphatic hydroxyl groups is 2. The predicted molar refractivity (Wildman–Crippen MR) is 137 cm³/mol. The molecule has 0 radical (unpaired) electrons. The maximum Gasteiger partial charge on any atom is 0.223 e. The zero-order chi connectivity index (χ0) is 24.5. The van der Waals surface area contributed by atoms with Gasteiger partial charge in [-0.15, -0.1) is 17.9 Å². The summed E-state index contributed by atoms with van der Waals surface area (Å²) in [7, 11) is 1.81. The number of nitrogens with zero attached hydrogens (tertiary/aromatic N) is 2. The van der Waals surface area contributed by atoms with E-state index in [0.717, 1.165) is 28.5 Å². The number of hydrogen-bond donors (Lipinski definition) is 3. The Balaban J connectivity index is 1.69. The smallest absolute Gasteiger partial charge is 0.223 e. The average Bonchev–Trinajstić information content (AvgIpc) is 3.25. The molecule has 0 aliphatic heterocycles. The number of fused-ring (bicyclic) bond motifs is 2. The Morgan fingerprint density at radius 2 is 2.09 bits per heavy atom. The van der Waals surface area contributed by atoms with Gasteiger partial charge in [-0.3, -0.25) is 4.79 Å². The van der Waals surface area contributed by atoms with Crippen molar-refractivity contribution in [2.24, 2.45) is 16.7 Å². The van der Waals surface area contributed by atoms with Gasteiger partial charge in [-0.05, 0) is 36.2 Å². The van der Waals surface area contributed by atoms with Crippen LogP contribution < -0.4 is 5.32 Å². The van der Waals surface area contributed by atoms with Crippen molar-refractivity contribution in [1.82, 2.24) is 9.88 Å². The van der Waals surface area contributed by atoms with E-state index in [-0.39, 0.29) is 29.8 Å². The molecular formula is C27H37N3O3S. The molecule has 1 aromatic carbocycles. The third-order valence-electron chi connectivity index (χ3n) is 8.39. The molecular weight excluding hydrogens is 446 g/mol. The molecule has 4 rings (SSSR count). The zero-order valence-electron chi connectivity index (χ0n) is 20.5. The van der Waals surface area contributed by atoms with E-state index >= 15 is 0 Å². The number of hydrogen-bond acceptors (Lipinski definition) is 6. The minimum Gasteiger partial charge on any atom is -0.396 e. The average molecular weight is 484 g/mol. The van der Waals surface area contributed by atoms with E-state index in [0.29, 0.717) is 25.9 Å². The summed E-state index contributed by atoms with van der Waals surface area (Å²) in [5.41, 5.74) is 1.35. The fourth-order valence-corrected chi connectivity index (χ4v) is 7.18. The summed E-state index contributed by atoms with van der Waals surface area (Å²) in [6.07, 6.45) is 3.74. The van der Waals surface area contributed by atoms with E-state index in [2.05, 4.69) is 31.0 Å². The molecule has 184 valence electrons. The second-order valence-corrected chi connectivity index (χ2v) is 11.6. The molecule has 6 nitrogen and oxygen atoms in total. The number of carbonyl (C=O) groups excluding carboxylic acids is 1. The molecule has 1 fully saturated rings. The highest BCUT2D eigenvalue weighted by Crippen LogP contribution is 2.62. The van der Waals surface area contributed by atoms with E-state index in [1.165, 1.54) is 5.56 Å². The molecule has 1 amide bonds. The van der Waals surface area contributed by atoms with E-state index in [1.807, 2.05) is 32.2 Å². The lowest BCUT2D eigenvalue weighted by molar-refractivity contribution is -0.146. The van der Waals surface area contributed by atoms with Gasteiger partial charge >= 0.3 is 0 Å². The van der Waals surface area contributed by atoms with Gasteiger partial charge in [0.2, 0.25) is 5.91 Å². The first-order valence-corrected chi connectivity index (χ1v) is 13.0. The number of nitrogens with one attached hydrogen (secondary N) is 1. The molecule has 7 heteroatoms. The maximum atomic E-state index is 13.2. The quantitative estimate of drug-likeness (QED) is 0.490. The van der Waals surface area contributed by atoms with Crippen molar-refractivity contribution < 1.29 is 15.0 Å². The normalized spacial score (nSPS) is 30.2. The molecule has 1 heterocycles. The summed E-state index contributed by atoms with van der Waals surface area (Å²) in [5, 5.41) is 25.6. The van der Waals surface area contributed by atoms with Gasteiger partial charge in [0.1, 0.15) is 0 Å². The van der Waals surface area contributed by atoms with Crippen molar-refractivity contribution in [1.29, 1.82) is 0 Å². The topological polar surface area (TPSA) is 85.7 Å². The summed E-state index contributed by atoms with van der Waals surface area (Å²) >= 11 is 1.64. The predicted octanol–water partition coefficient (Wildman–Crippen LogP) is 4.21. The molecule has 1 saturated carbocycles. The molecule has 3 N–H and O–H groups in total. The third kappa shape index (κ3) is 4.41. The largest absolute Gasteiger partial charge is 0.396 e. The SMILES string of the molecule is C=CCN(C)C(=O)C[C@@H]1c2nc(NCc3ccccc3)sc2C[C@@H]2[C@](C)(CO)[C@H](O)CC[C@]21C. The van der Waals surface area contributed by atoms with Gasteiger partial charge in [0.05, 0.1) is 18.4 Å². The summed E-state index contributed by atoms with van der Waals surface area (Å²) in [6.45, 7) is 9.13. The number of carbonyl (C=O) groups is 1. The number of anilines is 1. The molecule has 2 aliphatic rings. The van der Waals surface area contributed by atoms with Crippen molar-refractivity contribution in [3.05, 3.63) is 59.1 Å². The molecule has 0 saturated heterocycles. The van der Waals surface area contributed by atoms with Crippen LogP contribution in [0, 0.1) is 16.7 Å². The second-order valence-electron chi connectivity index (χ2n) is 10.5. The second kappa shape index (κ2) is 9.80. The van der Waals surface area contributed by atoms with Gasteiger partial charge in [-0.25, -0.2) is 4.98 Å². The first-order chi connectivity index (χ1) is 16.2. The van der Waals surface area contributed by atoms with Gasteiger partial charge in [0.15, 0.2) is 5.13 Å². The maximum absolute atomic E-state index is 13.2. The van der Waals surface area contributed by atoms with Crippen molar-refractivity contribution in [2.45, 2.75) is 58.1 Å². The standard InChI is InChI=1S/C27H37N3O3S/c1-5-13-30(4)23(33)14-19-24-20(34-25(29-24)28-16-18-9-7-6-8-10-18)15-21-26(19,2)12-11-22(32)27(21,3)17-31/h5-10,19,21-22,31-32H,1,11-17H2,2-4H3,(H,28,29)/t19-,21+,22-,26+,27+/m1/s1. The molecule has 5 atom stereocenters. The highest BCUT2D eigenvalue weighted by molar-refractivity contribution is 7.15. The first-order valence-electron chi connectivity index (χ1n) is 12.1. The molecule has 0 unspecified atom stereocenters. The molecule has 0 spiro atoms. The van der Waals surface area contributed by atoms with E-state index in [4.69, 9.17) is 4.98 Å². The number of benzene rings is 1. The molecule has 0 bridgehead atoms. The fraction of sp³-hybridized carbons (Fsp3) is 0.556. The van der Waals surface area contributed by atoms with E-state index in [9.17, 15) is 15.0 Å². The minimum atomic E-state index is -0.610. The summed E-state index contributed by atoms with van der Waals surface area (Å²) < 4.78 is 0. The van der Waals surface area contributed by atoms with Crippen molar-refractivity contribution in [2.75, 3.05) is 25.5 Å². The Kier molecular flexibility index (Phi) is 7.17. The Labute approximate surface area is 206 Å². The monoisotopic (exact) mass is 483 g/mol. The van der Waals surface area contributed by atoms with Crippen LogP contribution in [-0.2, 0) is 17.8 Å². The molecule has 2 aliphatic carbocycles. The van der Waals surface area contributed by atoms with Crippen LogP contribution in [0.2, 0.25) is 0 Å². The number of aromatic nitrogens is 1. The van der Waals surface area contributed by atoms with Gasteiger partial charge in [0.25, 0.3) is 0 Å². The first kappa shape index (κ1) is 24.9. The number of amides is 1. The lowest BCUT2D eigenvalue weighted by atomic mass is 9.47. The lowest BCUT2D eigenvalue weighted by Gasteiger charge is -2.58. The Hall–Kier alpha value is -2.22. The highest BCUT2D eigenvalue weighted by atomic mass is 32.1. The summed E-state index contributed by atoms with van der Waals surface area (Å²) in [5.74, 6) is 0.0652. The molecule has 34 heavy (non-hydrogen) atoms. The summed E-state index contributed by atoms with van der Waals surface area (Å²) in [6, 6.07) is 10.2. The highest BCUT2D eigenvalue weighted by Gasteiger charge is 2.59. The zero-order valence-corrected chi connectivity index (χ0v) is 21.3. The van der Waals surface area contributed by atoms with Crippen LogP contribution in [-0.4, -0.2) is 52.3 Å². The number of likely N-dealkylation sites (N-methyl/N-ethyl adjacent to an activating group) is 1. The van der Waals surface area contributed by atoms with Crippen LogP contribution >= 0.6 is 11.3 Å².